The van der Waals surface area contributed by atoms with Gasteiger partial charge in [0.2, 0.25) is 0 Å². The molecule has 0 radical (unpaired) electrons. The number of guanidine groups is 1. The predicted octanol–water partition coefficient (Wildman–Crippen LogP) is 1.99. The van der Waals surface area contributed by atoms with Gasteiger partial charge in [-0.25, -0.2) is 4.98 Å². The van der Waals surface area contributed by atoms with E-state index in [9.17, 15) is 0 Å². The van der Waals surface area contributed by atoms with Crippen molar-refractivity contribution >= 4 is 41.5 Å². The maximum absolute atomic E-state index is 5.76. The van der Waals surface area contributed by atoms with Crippen molar-refractivity contribution in [2.45, 2.75) is 13.0 Å². The van der Waals surface area contributed by atoms with Crippen LogP contribution in [0.3, 0.4) is 0 Å². The lowest BCUT2D eigenvalue weighted by atomic mass is 10.2. The smallest absolute Gasteiger partial charge is 0.191 e. The van der Waals surface area contributed by atoms with Crippen LogP contribution in [0.2, 0.25) is 5.15 Å². The Balaban J connectivity index is 0.00000242. The van der Waals surface area contributed by atoms with Crippen LogP contribution in [-0.4, -0.2) is 34.3 Å². The van der Waals surface area contributed by atoms with E-state index in [2.05, 4.69) is 25.7 Å². The van der Waals surface area contributed by atoms with Gasteiger partial charge in [0.15, 0.2) is 5.96 Å². The molecule has 0 fully saturated rings. The summed E-state index contributed by atoms with van der Waals surface area (Å²) in [4.78, 5) is 8.25. The first-order valence-corrected chi connectivity index (χ1v) is 7.08. The molecule has 0 saturated heterocycles. The Hall–Kier alpha value is -1.35. The summed E-state index contributed by atoms with van der Waals surface area (Å²) in [7, 11) is 3.67. The van der Waals surface area contributed by atoms with E-state index in [1.54, 1.807) is 25.5 Å². The van der Waals surface area contributed by atoms with Gasteiger partial charge in [-0.15, -0.1) is 24.0 Å². The lowest BCUT2D eigenvalue weighted by Crippen LogP contribution is -2.38. The monoisotopic (exact) mass is 434 g/mol. The Morgan fingerprint density at radius 2 is 2.14 bits per heavy atom. The first-order chi connectivity index (χ1) is 10.2. The quantitative estimate of drug-likeness (QED) is 0.327. The third-order valence-electron chi connectivity index (χ3n) is 3.08. The summed E-state index contributed by atoms with van der Waals surface area (Å²) in [6, 6.07) is 5.74. The Bertz CT molecular complexity index is 596. The van der Waals surface area contributed by atoms with E-state index in [0.29, 0.717) is 11.7 Å². The summed E-state index contributed by atoms with van der Waals surface area (Å²) in [5, 5.41) is 11.2. The first-order valence-electron chi connectivity index (χ1n) is 6.71. The summed E-state index contributed by atoms with van der Waals surface area (Å²) in [6.07, 6.45) is 4.42. The molecule has 6 nitrogen and oxygen atoms in total. The average molecular weight is 435 g/mol. The average Bonchev–Trinajstić information content (AvgIpc) is 2.90. The van der Waals surface area contributed by atoms with Crippen molar-refractivity contribution < 1.29 is 0 Å². The van der Waals surface area contributed by atoms with Gasteiger partial charge in [-0.05, 0) is 24.1 Å². The molecule has 2 aromatic heterocycles. The molecule has 0 saturated carbocycles. The van der Waals surface area contributed by atoms with Gasteiger partial charge in [-0.3, -0.25) is 9.67 Å². The molecule has 8 heteroatoms. The number of pyridine rings is 1. The topological polar surface area (TPSA) is 67.1 Å². The van der Waals surface area contributed by atoms with Crippen molar-refractivity contribution in [2.75, 3.05) is 13.6 Å². The zero-order valence-electron chi connectivity index (χ0n) is 12.6. The Kier molecular flexibility index (Phi) is 8.18. The first kappa shape index (κ1) is 18.7. The Morgan fingerprint density at radius 1 is 1.32 bits per heavy atom. The number of aliphatic imine (C=N–C) groups is 1. The zero-order chi connectivity index (χ0) is 15.1. The van der Waals surface area contributed by atoms with Gasteiger partial charge < -0.3 is 10.6 Å². The van der Waals surface area contributed by atoms with Gasteiger partial charge >= 0.3 is 0 Å². The highest BCUT2D eigenvalue weighted by Gasteiger charge is 2.01. The van der Waals surface area contributed by atoms with E-state index in [1.807, 2.05) is 23.9 Å². The molecular weight excluding hydrogens is 415 g/mol. The second-order valence-corrected chi connectivity index (χ2v) is 4.93. The Morgan fingerprint density at radius 3 is 2.73 bits per heavy atom. The number of rotatable bonds is 5. The standard InChI is InChI=1S/C14H19ClN6.HI/c1-16-14(19-10-12-6-8-20-21(12)2)17-7-5-11-3-4-13(15)18-9-11;/h3-4,6,8-9H,5,7,10H2,1-2H3,(H2,16,17,19);1H. The summed E-state index contributed by atoms with van der Waals surface area (Å²) in [5.74, 6) is 0.762. The summed E-state index contributed by atoms with van der Waals surface area (Å²) >= 11 is 5.76. The van der Waals surface area contributed by atoms with E-state index in [4.69, 9.17) is 11.6 Å². The van der Waals surface area contributed by atoms with Crippen LogP contribution >= 0.6 is 35.6 Å². The molecule has 2 rings (SSSR count). The molecular formula is C14H20ClIN6. The molecule has 0 aliphatic heterocycles. The van der Waals surface area contributed by atoms with Gasteiger partial charge in [-0.1, -0.05) is 17.7 Å². The molecule has 0 bridgehead atoms. The maximum Gasteiger partial charge on any atom is 0.191 e. The highest BCUT2D eigenvalue weighted by Crippen LogP contribution is 2.05. The second kappa shape index (κ2) is 9.62. The van der Waals surface area contributed by atoms with Gasteiger partial charge in [0.25, 0.3) is 0 Å². The molecule has 0 aliphatic carbocycles. The number of hydrogen-bond acceptors (Lipinski definition) is 3. The fourth-order valence-corrected chi connectivity index (χ4v) is 1.96. The molecule has 0 amide bonds. The number of aromatic nitrogens is 3. The van der Waals surface area contributed by atoms with Crippen LogP contribution in [0.1, 0.15) is 11.3 Å². The molecule has 0 spiro atoms. The highest BCUT2D eigenvalue weighted by atomic mass is 127. The van der Waals surface area contributed by atoms with Crippen LogP contribution < -0.4 is 10.6 Å². The van der Waals surface area contributed by atoms with Crippen molar-refractivity contribution in [3.8, 4) is 0 Å². The Labute approximate surface area is 152 Å². The summed E-state index contributed by atoms with van der Waals surface area (Å²) in [6.45, 7) is 1.45. The normalized spacial score (nSPS) is 11.0. The van der Waals surface area contributed by atoms with E-state index in [0.717, 1.165) is 30.2 Å². The van der Waals surface area contributed by atoms with Gasteiger partial charge in [0.05, 0.1) is 12.2 Å². The fraction of sp³-hybridized carbons (Fsp3) is 0.357. The predicted molar refractivity (Wildman–Crippen MR) is 99.8 cm³/mol. The lowest BCUT2D eigenvalue weighted by molar-refractivity contribution is 0.684. The number of nitrogens with zero attached hydrogens (tertiary/aromatic N) is 4. The van der Waals surface area contributed by atoms with Crippen molar-refractivity contribution in [1.29, 1.82) is 0 Å². The van der Waals surface area contributed by atoms with E-state index < -0.39 is 0 Å². The molecule has 2 heterocycles. The molecule has 0 unspecified atom stereocenters. The highest BCUT2D eigenvalue weighted by molar-refractivity contribution is 14.0. The molecule has 0 aliphatic rings. The minimum atomic E-state index is 0. The number of halogens is 2. The maximum atomic E-state index is 5.76. The summed E-state index contributed by atoms with van der Waals surface area (Å²) < 4.78 is 1.83. The van der Waals surface area contributed by atoms with Gasteiger partial charge in [0.1, 0.15) is 5.15 Å². The van der Waals surface area contributed by atoms with Gasteiger partial charge in [-0.2, -0.15) is 5.10 Å². The fourth-order valence-electron chi connectivity index (χ4n) is 1.85. The number of nitrogens with one attached hydrogen (secondary N) is 2. The molecule has 120 valence electrons. The third kappa shape index (κ3) is 5.80. The molecule has 22 heavy (non-hydrogen) atoms. The zero-order valence-corrected chi connectivity index (χ0v) is 15.7. The minimum absolute atomic E-state index is 0. The van der Waals surface area contributed by atoms with Crippen LogP contribution in [0, 0.1) is 0 Å². The van der Waals surface area contributed by atoms with E-state index in [-0.39, 0.29) is 24.0 Å². The minimum Gasteiger partial charge on any atom is -0.356 e. The number of hydrogen-bond donors (Lipinski definition) is 2. The molecule has 2 N–H and O–H groups in total. The largest absolute Gasteiger partial charge is 0.356 e. The van der Waals surface area contributed by atoms with Crippen LogP contribution in [0.25, 0.3) is 0 Å². The molecule has 0 aromatic carbocycles. The van der Waals surface area contributed by atoms with Crippen LogP contribution in [0.15, 0.2) is 35.6 Å². The molecule has 0 atom stereocenters. The van der Waals surface area contributed by atoms with Crippen LogP contribution in [-0.2, 0) is 20.0 Å². The van der Waals surface area contributed by atoms with E-state index in [1.165, 1.54) is 0 Å². The van der Waals surface area contributed by atoms with Crippen molar-refractivity contribution in [3.63, 3.8) is 0 Å². The van der Waals surface area contributed by atoms with Crippen molar-refractivity contribution in [1.82, 2.24) is 25.4 Å². The summed E-state index contributed by atoms with van der Waals surface area (Å²) in [5.41, 5.74) is 2.23. The molecule has 2 aromatic rings. The van der Waals surface area contributed by atoms with Crippen LogP contribution in [0.5, 0.6) is 0 Å². The second-order valence-electron chi connectivity index (χ2n) is 4.54. The number of aryl methyl sites for hydroxylation is 1. The van der Waals surface area contributed by atoms with Crippen molar-refractivity contribution in [2.24, 2.45) is 12.0 Å². The lowest BCUT2D eigenvalue weighted by Gasteiger charge is -2.12. The van der Waals surface area contributed by atoms with Gasteiger partial charge in [0, 0.05) is 33.0 Å². The third-order valence-corrected chi connectivity index (χ3v) is 3.30. The van der Waals surface area contributed by atoms with E-state index >= 15 is 0 Å². The van der Waals surface area contributed by atoms with Crippen molar-refractivity contribution in [3.05, 3.63) is 47.0 Å². The SMILES string of the molecule is CN=C(NCCc1ccc(Cl)nc1)NCc1ccnn1C.I. The van der Waals surface area contributed by atoms with Crippen LogP contribution in [0.4, 0.5) is 0 Å².